The Hall–Kier alpha value is -1.51. The van der Waals surface area contributed by atoms with Crippen LogP contribution in [-0.2, 0) is 0 Å². The fraction of sp³-hybridized carbons (Fsp3) is 0.500. The van der Waals surface area contributed by atoms with Gasteiger partial charge in [-0.25, -0.2) is 4.79 Å². The fourth-order valence-electron chi connectivity index (χ4n) is 1.69. The highest BCUT2D eigenvalue weighted by molar-refractivity contribution is 5.89. The molecule has 0 saturated heterocycles. The van der Waals surface area contributed by atoms with Crippen LogP contribution in [0, 0.1) is 0 Å². The van der Waals surface area contributed by atoms with Crippen molar-refractivity contribution in [3.8, 4) is 0 Å². The van der Waals surface area contributed by atoms with Crippen molar-refractivity contribution in [2.45, 2.75) is 33.6 Å². The van der Waals surface area contributed by atoms with Crippen LogP contribution in [0.5, 0.6) is 0 Å². The van der Waals surface area contributed by atoms with E-state index in [-0.39, 0.29) is 6.03 Å². The molecule has 0 unspecified atom stereocenters. The highest BCUT2D eigenvalue weighted by Crippen LogP contribution is 2.18. The molecule has 1 rings (SSSR count). The summed E-state index contributed by atoms with van der Waals surface area (Å²) in [7, 11) is 0. The molecule has 3 heteroatoms. The minimum absolute atomic E-state index is 0.0316. The van der Waals surface area contributed by atoms with E-state index in [0.717, 1.165) is 18.8 Å². The Labute approximate surface area is 104 Å². The number of amides is 2. The maximum atomic E-state index is 11.9. The number of hydrogen-bond acceptors (Lipinski definition) is 1. The molecule has 0 atom stereocenters. The van der Waals surface area contributed by atoms with Crippen LogP contribution in [0.3, 0.4) is 0 Å². The van der Waals surface area contributed by atoms with E-state index in [9.17, 15) is 4.79 Å². The first-order chi connectivity index (χ1) is 8.08. The third-order valence-electron chi connectivity index (χ3n) is 2.86. The monoisotopic (exact) mass is 234 g/mol. The van der Waals surface area contributed by atoms with Crippen molar-refractivity contribution in [1.82, 2.24) is 4.90 Å². The topological polar surface area (TPSA) is 32.3 Å². The maximum absolute atomic E-state index is 11.9. The second kappa shape index (κ2) is 6.28. The summed E-state index contributed by atoms with van der Waals surface area (Å²) in [6.45, 7) is 9.70. The highest BCUT2D eigenvalue weighted by atomic mass is 16.2. The molecule has 1 aromatic rings. The van der Waals surface area contributed by atoms with Crippen LogP contribution in [0.1, 0.15) is 39.2 Å². The average Bonchev–Trinajstić information content (AvgIpc) is 2.30. The van der Waals surface area contributed by atoms with Crippen molar-refractivity contribution >= 4 is 11.7 Å². The molecule has 17 heavy (non-hydrogen) atoms. The maximum Gasteiger partial charge on any atom is 0.321 e. The zero-order valence-corrected chi connectivity index (χ0v) is 11.2. The summed E-state index contributed by atoms with van der Waals surface area (Å²) in [5.74, 6) is 0.473. The zero-order valence-electron chi connectivity index (χ0n) is 11.2. The van der Waals surface area contributed by atoms with Gasteiger partial charge >= 0.3 is 6.03 Å². The highest BCUT2D eigenvalue weighted by Gasteiger charge is 2.09. The Morgan fingerprint density at radius 1 is 1.29 bits per heavy atom. The lowest BCUT2D eigenvalue weighted by atomic mass is 10.0. The Kier molecular flexibility index (Phi) is 5.01. The van der Waals surface area contributed by atoms with E-state index in [4.69, 9.17) is 0 Å². The van der Waals surface area contributed by atoms with Gasteiger partial charge in [-0.2, -0.15) is 0 Å². The van der Waals surface area contributed by atoms with Gasteiger partial charge in [-0.15, -0.1) is 0 Å². The number of hydrogen-bond donors (Lipinski definition) is 1. The van der Waals surface area contributed by atoms with Gasteiger partial charge in [0.05, 0.1) is 0 Å². The lowest BCUT2D eigenvalue weighted by Crippen LogP contribution is -2.34. The lowest BCUT2D eigenvalue weighted by Gasteiger charge is -2.19. The number of anilines is 1. The van der Waals surface area contributed by atoms with Crippen LogP contribution in [0.25, 0.3) is 0 Å². The minimum atomic E-state index is -0.0316. The molecule has 1 N–H and O–H groups in total. The summed E-state index contributed by atoms with van der Waals surface area (Å²) in [4.78, 5) is 13.6. The van der Waals surface area contributed by atoms with Crippen molar-refractivity contribution in [1.29, 1.82) is 0 Å². The summed E-state index contributed by atoms with van der Waals surface area (Å²) in [6.07, 6.45) is 0. The van der Waals surface area contributed by atoms with E-state index in [1.54, 1.807) is 4.90 Å². The standard InChI is InChI=1S/C14H22N2O/c1-5-16(6-2)14(17)15-13-9-7-8-12(10-13)11(3)4/h7-11H,5-6H2,1-4H3,(H,15,17). The summed E-state index contributed by atoms with van der Waals surface area (Å²) in [5, 5.41) is 2.93. The Bertz CT molecular complexity index is 370. The molecule has 0 spiro atoms. The predicted octanol–water partition coefficient (Wildman–Crippen LogP) is 3.68. The summed E-state index contributed by atoms with van der Waals surface area (Å²) in [5.41, 5.74) is 2.11. The Morgan fingerprint density at radius 3 is 2.47 bits per heavy atom. The first kappa shape index (κ1) is 13.6. The third-order valence-corrected chi connectivity index (χ3v) is 2.86. The molecule has 0 saturated carbocycles. The van der Waals surface area contributed by atoms with Crippen molar-refractivity contribution in [3.63, 3.8) is 0 Å². The predicted molar refractivity (Wildman–Crippen MR) is 72.5 cm³/mol. The van der Waals surface area contributed by atoms with E-state index < -0.39 is 0 Å². The molecule has 0 aliphatic rings. The minimum Gasteiger partial charge on any atom is -0.325 e. The van der Waals surface area contributed by atoms with Crippen LogP contribution in [0.15, 0.2) is 24.3 Å². The van der Waals surface area contributed by atoms with Crippen LogP contribution < -0.4 is 5.32 Å². The van der Waals surface area contributed by atoms with E-state index in [0.29, 0.717) is 5.92 Å². The van der Waals surface area contributed by atoms with Gasteiger partial charge in [0.25, 0.3) is 0 Å². The SMILES string of the molecule is CCN(CC)C(=O)Nc1cccc(C(C)C)c1. The fourth-order valence-corrected chi connectivity index (χ4v) is 1.69. The smallest absolute Gasteiger partial charge is 0.321 e. The van der Waals surface area contributed by atoms with Crippen molar-refractivity contribution in [2.75, 3.05) is 18.4 Å². The largest absolute Gasteiger partial charge is 0.325 e. The number of urea groups is 1. The Morgan fingerprint density at radius 2 is 1.94 bits per heavy atom. The molecule has 1 aromatic carbocycles. The third kappa shape index (κ3) is 3.77. The van der Waals surface area contributed by atoms with Crippen LogP contribution in [-0.4, -0.2) is 24.0 Å². The molecular formula is C14H22N2O. The second-order valence-electron chi connectivity index (χ2n) is 4.38. The van der Waals surface area contributed by atoms with Gasteiger partial charge in [-0.3, -0.25) is 0 Å². The molecule has 0 radical (unpaired) electrons. The van der Waals surface area contributed by atoms with Gasteiger partial charge in [0, 0.05) is 18.8 Å². The van der Waals surface area contributed by atoms with Gasteiger partial charge in [0.1, 0.15) is 0 Å². The molecule has 0 aliphatic carbocycles. The van der Waals surface area contributed by atoms with Crippen LogP contribution >= 0.6 is 0 Å². The number of rotatable bonds is 4. The zero-order chi connectivity index (χ0) is 12.8. The first-order valence-corrected chi connectivity index (χ1v) is 6.24. The number of nitrogens with one attached hydrogen (secondary N) is 1. The van der Waals surface area contributed by atoms with E-state index in [1.807, 2.05) is 32.0 Å². The summed E-state index contributed by atoms with van der Waals surface area (Å²) < 4.78 is 0. The molecule has 2 amide bonds. The molecule has 3 nitrogen and oxygen atoms in total. The van der Waals surface area contributed by atoms with Crippen molar-refractivity contribution in [2.24, 2.45) is 0 Å². The number of carbonyl (C=O) groups excluding carboxylic acids is 1. The molecule has 0 aliphatic heterocycles. The van der Waals surface area contributed by atoms with Crippen LogP contribution in [0.4, 0.5) is 10.5 Å². The van der Waals surface area contributed by atoms with Crippen LogP contribution in [0.2, 0.25) is 0 Å². The number of carbonyl (C=O) groups is 1. The normalized spacial score (nSPS) is 10.4. The van der Waals surface area contributed by atoms with Gasteiger partial charge in [-0.05, 0) is 37.5 Å². The molecule has 0 bridgehead atoms. The quantitative estimate of drug-likeness (QED) is 0.846. The van der Waals surface area contributed by atoms with Gasteiger partial charge < -0.3 is 10.2 Å². The average molecular weight is 234 g/mol. The molecular weight excluding hydrogens is 212 g/mol. The van der Waals surface area contributed by atoms with Crippen molar-refractivity contribution < 1.29 is 4.79 Å². The van der Waals surface area contributed by atoms with Gasteiger partial charge in [0.15, 0.2) is 0 Å². The molecule has 0 heterocycles. The second-order valence-corrected chi connectivity index (χ2v) is 4.38. The summed E-state index contributed by atoms with van der Waals surface area (Å²) >= 11 is 0. The first-order valence-electron chi connectivity index (χ1n) is 6.24. The van der Waals surface area contributed by atoms with E-state index in [1.165, 1.54) is 5.56 Å². The molecule has 0 aromatic heterocycles. The van der Waals surface area contributed by atoms with E-state index >= 15 is 0 Å². The van der Waals surface area contributed by atoms with E-state index in [2.05, 4.69) is 25.2 Å². The Balaban J connectivity index is 2.74. The number of benzene rings is 1. The summed E-state index contributed by atoms with van der Waals surface area (Å²) in [6, 6.07) is 7.99. The van der Waals surface area contributed by atoms with Gasteiger partial charge in [0.2, 0.25) is 0 Å². The van der Waals surface area contributed by atoms with Gasteiger partial charge in [-0.1, -0.05) is 26.0 Å². The molecule has 94 valence electrons. The van der Waals surface area contributed by atoms with Crippen molar-refractivity contribution in [3.05, 3.63) is 29.8 Å². The molecule has 0 fully saturated rings. The lowest BCUT2D eigenvalue weighted by molar-refractivity contribution is 0.217. The number of nitrogens with zero attached hydrogens (tertiary/aromatic N) is 1.